The molecule has 5 rings (SSSR count). The summed E-state index contributed by atoms with van der Waals surface area (Å²) in [6.45, 7) is 1.34. The number of benzene rings is 1. The number of amides is 1. The molecule has 192 valence electrons. The van der Waals surface area contributed by atoms with Crippen molar-refractivity contribution in [2.75, 3.05) is 18.5 Å². The Morgan fingerprint density at radius 1 is 1.14 bits per heavy atom. The predicted octanol–water partition coefficient (Wildman–Crippen LogP) is 4.25. The van der Waals surface area contributed by atoms with Gasteiger partial charge in [0.15, 0.2) is 0 Å². The Balaban J connectivity index is 1.03. The summed E-state index contributed by atoms with van der Waals surface area (Å²) < 4.78 is 5.97. The summed E-state index contributed by atoms with van der Waals surface area (Å²) >= 11 is 0. The van der Waals surface area contributed by atoms with Gasteiger partial charge in [-0.1, -0.05) is 42.8 Å². The van der Waals surface area contributed by atoms with Gasteiger partial charge in [-0.05, 0) is 74.5 Å². The number of carboxylic acids is 1. The SMILES string of the molecule is O=C(O)[C@H](CCO[C@H]1C[C@H](CCc2ccc3c(n2)NCCC3)C1)NC(=O)C1(c2ccccc2)CCC1. The number of nitrogens with one attached hydrogen (secondary N) is 2. The molecule has 2 saturated carbocycles. The van der Waals surface area contributed by atoms with Gasteiger partial charge in [0, 0.05) is 25.3 Å². The molecule has 3 N–H and O–H groups in total. The van der Waals surface area contributed by atoms with Crippen molar-refractivity contribution in [2.24, 2.45) is 5.92 Å². The minimum atomic E-state index is -1.01. The molecule has 0 unspecified atom stereocenters. The number of nitrogens with zero attached hydrogens (tertiary/aromatic N) is 1. The molecule has 0 spiro atoms. The third kappa shape index (κ3) is 5.41. The van der Waals surface area contributed by atoms with Crippen LogP contribution in [0.25, 0.3) is 0 Å². The first-order chi connectivity index (χ1) is 17.5. The summed E-state index contributed by atoms with van der Waals surface area (Å²) in [5.41, 5.74) is 2.84. The zero-order valence-corrected chi connectivity index (χ0v) is 20.9. The lowest BCUT2D eigenvalue weighted by molar-refractivity contribution is -0.144. The average Bonchev–Trinajstić information content (AvgIpc) is 2.84. The molecule has 2 aliphatic carbocycles. The fourth-order valence-electron chi connectivity index (χ4n) is 5.75. The van der Waals surface area contributed by atoms with Crippen LogP contribution in [0.3, 0.4) is 0 Å². The third-order valence-corrected chi connectivity index (χ3v) is 8.28. The largest absolute Gasteiger partial charge is 0.480 e. The van der Waals surface area contributed by atoms with Crippen molar-refractivity contribution in [1.29, 1.82) is 0 Å². The Hall–Kier alpha value is -2.93. The Bertz CT molecular complexity index is 1060. The van der Waals surface area contributed by atoms with E-state index < -0.39 is 17.4 Å². The third-order valence-electron chi connectivity index (χ3n) is 8.28. The van der Waals surface area contributed by atoms with Crippen LogP contribution < -0.4 is 10.6 Å². The quantitative estimate of drug-likeness (QED) is 0.435. The molecule has 1 amide bonds. The first-order valence-electron chi connectivity index (χ1n) is 13.5. The van der Waals surface area contributed by atoms with E-state index in [0.29, 0.717) is 12.5 Å². The van der Waals surface area contributed by atoms with Gasteiger partial charge in [0.1, 0.15) is 11.9 Å². The summed E-state index contributed by atoms with van der Waals surface area (Å²) in [6, 6.07) is 13.1. The lowest BCUT2D eigenvalue weighted by Gasteiger charge is -2.41. The lowest BCUT2D eigenvalue weighted by Crippen LogP contribution is -2.54. The van der Waals surface area contributed by atoms with Gasteiger partial charge in [0.25, 0.3) is 0 Å². The maximum Gasteiger partial charge on any atom is 0.326 e. The molecule has 0 radical (unpaired) electrons. The maximum atomic E-state index is 13.1. The second-order valence-electron chi connectivity index (χ2n) is 10.7. The first kappa shape index (κ1) is 24.8. The van der Waals surface area contributed by atoms with Crippen molar-refractivity contribution < 1.29 is 19.4 Å². The highest BCUT2D eigenvalue weighted by Gasteiger charge is 2.46. The van der Waals surface area contributed by atoms with Crippen molar-refractivity contribution in [1.82, 2.24) is 10.3 Å². The Kier molecular flexibility index (Phi) is 7.56. The molecule has 1 atom stereocenters. The van der Waals surface area contributed by atoms with E-state index in [0.717, 1.165) is 75.0 Å². The molecular weight excluding hydrogens is 454 g/mol. The normalized spacial score (nSPS) is 22.8. The fourth-order valence-corrected chi connectivity index (χ4v) is 5.75. The van der Waals surface area contributed by atoms with Crippen LogP contribution in [0, 0.1) is 5.92 Å². The Morgan fingerprint density at radius 3 is 2.67 bits per heavy atom. The van der Waals surface area contributed by atoms with Crippen LogP contribution in [0.2, 0.25) is 0 Å². The van der Waals surface area contributed by atoms with Gasteiger partial charge >= 0.3 is 5.97 Å². The standard InChI is InChI=1S/C29H37N3O4/c33-27(34)25(32-28(35)29(14-5-15-29)22-7-2-1-3-8-22)13-17-36-24-18-20(19-24)9-11-23-12-10-21-6-4-16-30-26(21)31-23/h1-3,7-8,10,12,20,24-25H,4-6,9,11,13-19H2,(H,30,31)(H,32,35)(H,33,34)/t20-,24-,25-/m0/s1. The van der Waals surface area contributed by atoms with Crippen molar-refractivity contribution in [2.45, 2.75) is 81.8 Å². The maximum absolute atomic E-state index is 13.1. The molecule has 2 fully saturated rings. The average molecular weight is 492 g/mol. The molecule has 36 heavy (non-hydrogen) atoms. The minimum Gasteiger partial charge on any atom is -0.480 e. The van der Waals surface area contributed by atoms with E-state index >= 15 is 0 Å². The van der Waals surface area contributed by atoms with Crippen LogP contribution >= 0.6 is 0 Å². The lowest BCUT2D eigenvalue weighted by atomic mass is 9.63. The van der Waals surface area contributed by atoms with Gasteiger partial charge in [-0.2, -0.15) is 0 Å². The van der Waals surface area contributed by atoms with Crippen LogP contribution in [-0.2, 0) is 32.6 Å². The van der Waals surface area contributed by atoms with Gasteiger partial charge in [-0.25, -0.2) is 9.78 Å². The van der Waals surface area contributed by atoms with Gasteiger partial charge in [0.05, 0.1) is 11.5 Å². The zero-order valence-electron chi connectivity index (χ0n) is 20.9. The van der Waals surface area contributed by atoms with E-state index in [1.807, 2.05) is 30.3 Å². The molecule has 0 saturated heterocycles. The number of hydrogen-bond donors (Lipinski definition) is 3. The monoisotopic (exact) mass is 491 g/mol. The zero-order chi connectivity index (χ0) is 25.0. The number of carbonyl (C=O) groups excluding carboxylic acids is 1. The van der Waals surface area contributed by atoms with Crippen LogP contribution in [0.5, 0.6) is 0 Å². The molecule has 1 aliphatic heterocycles. The Morgan fingerprint density at radius 2 is 1.94 bits per heavy atom. The number of carboxylic acid groups (broad SMARTS) is 1. The van der Waals surface area contributed by atoms with E-state index in [2.05, 4.69) is 22.8 Å². The number of anilines is 1. The molecule has 3 aliphatic rings. The highest BCUT2D eigenvalue weighted by molar-refractivity contribution is 5.92. The van der Waals surface area contributed by atoms with Crippen LogP contribution in [0.4, 0.5) is 5.82 Å². The van der Waals surface area contributed by atoms with Crippen LogP contribution in [0.1, 0.15) is 68.2 Å². The minimum absolute atomic E-state index is 0.179. The Labute approximate surface area is 213 Å². The highest BCUT2D eigenvalue weighted by atomic mass is 16.5. The second kappa shape index (κ2) is 11.0. The van der Waals surface area contributed by atoms with Gasteiger partial charge in [0.2, 0.25) is 5.91 Å². The number of hydrogen-bond acceptors (Lipinski definition) is 5. The summed E-state index contributed by atoms with van der Waals surface area (Å²) in [5.74, 6) is 0.496. The van der Waals surface area contributed by atoms with Crippen molar-refractivity contribution in [3.8, 4) is 0 Å². The number of fused-ring (bicyclic) bond motifs is 1. The molecule has 2 heterocycles. The van der Waals surface area contributed by atoms with Crippen molar-refractivity contribution in [3.63, 3.8) is 0 Å². The topological polar surface area (TPSA) is 101 Å². The molecule has 7 heteroatoms. The van der Waals surface area contributed by atoms with Crippen molar-refractivity contribution >= 4 is 17.7 Å². The summed E-state index contributed by atoms with van der Waals surface area (Å²) in [7, 11) is 0. The molecule has 0 bridgehead atoms. The molecule has 1 aromatic carbocycles. The van der Waals surface area contributed by atoms with Crippen LogP contribution in [0.15, 0.2) is 42.5 Å². The highest BCUT2D eigenvalue weighted by Crippen LogP contribution is 2.44. The number of aliphatic carboxylic acids is 1. The molecule has 2 aromatic rings. The molecular formula is C29H37N3O4. The van der Waals surface area contributed by atoms with E-state index in [1.54, 1.807) is 0 Å². The summed E-state index contributed by atoms with van der Waals surface area (Å²) in [5, 5.41) is 15.9. The first-order valence-corrected chi connectivity index (χ1v) is 13.5. The van der Waals surface area contributed by atoms with E-state index in [9.17, 15) is 14.7 Å². The number of aromatic nitrogens is 1. The molecule has 7 nitrogen and oxygen atoms in total. The molecule has 1 aromatic heterocycles. The number of ether oxygens (including phenoxy) is 1. The second-order valence-corrected chi connectivity index (χ2v) is 10.7. The number of aryl methyl sites for hydroxylation is 2. The number of carbonyl (C=O) groups is 2. The van der Waals surface area contributed by atoms with Gasteiger partial charge < -0.3 is 20.5 Å². The number of pyridine rings is 1. The van der Waals surface area contributed by atoms with E-state index in [4.69, 9.17) is 9.72 Å². The predicted molar refractivity (Wildman–Crippen MR) is 138 cm³/mol. The smallest absolute Gasteiger partial charge is 0.326 e. The van der Waals surface area contributed by atoms with Gasteiger partial charge in [-0.15, -0.1) is 0 Å². The van der Waals surface area contributed by atoms with Crippen LogP contribution in [-0.4, -0.2) is 47.3 Å². The summed E-state index contributed by atoms with van der Waals surface area (Å²) in [6.07, 6.45) is 9.31. The fraction of sp³-hybridized carbons (Fsp3) is 0.552. The summed E-state index contributed by atoms with van der Waals surface area (Å²) in [4.78, 5) is 29.7. The van der Waals surface area contributed by atoms with E-state index in [1.165, 1.54) is 12.0 Å². The number of rotatable bonds is 11. The van der Waals surface area contributed by atoms with Crippen molar-refractivity contribution in [3.05, 3.63) is 59.3 Å². The van der Waals surface area contributed by atoms with Gasteiger partial charge in [-0.3, -0.25) is 4.79 Å². The van der Waals surface area contributed by atoms with E-state index in [-0.39, 0.29) is 18.4 Å².